The van der Waals surface area contributed by atoms with Gasteiger partial charge in [0.2, 0.25) is 11.8 Å². The highest BCUT2D eigenvalue weighted by atomic mass is 35.5. The third-order valence-corrected chi connectivity index (χ3v) is 9.91. The number of carbonyl (C=O) groups is 1. The molecule has 1 amide bonds. The summed E-state index contributed by atoms with van der Waals surface area (Å²) in [6, 6.07) is 31.9. The summed E-state index contributed by atoms with van der Waals surface area (Å²) in [5, 5.41) is 1.09. The zero-order valence-electron chi connectivity index (χ0n) is 30.4. The molecule has 6 rings (SSSR count). The molecule has 0 saturated carbocycles. The number of benzene rings is 4. The van der Waals surface area contributed by atoms with Gasteiger partial charge in [0.1, 0.15) is 18.1 Å². The van der Waals surface area contributed by atoms with Crippen molar-refractivity contribution in [2.24, 2.45) is 0 Å². The number of nitrogens with zero attached hydrogens (tertiary/aromatic N) is 3. The van der Waals surface area contributed by atoms with E-state index in [1.165, 1.54) is 16.7 Å². The maximum atomic E-state index is 13.1. The highest BCUT2D eigenvalue weighted by molar-refractivity contribution is 6.32. The van der Waals surface area contributed by atoms with Gasteiger partial charge in [0.25, 0.3) is 0 Å². The van der Waals surface area contributed by atoms with Crippen molar-refractivity contribution in [2.45, 2.75) is 46.3 Å². The first kappa shape index (κ1) is 37.9. The van der Waals surface area contributed by atoms with E-state index in [0.29, 0.717) is 59.6 Å². The molecule has 0 spiro atoms. The van der Waals surface area contributed by atoms with Crippen LogP contribution in [0.15, 0.2) is 109 Å². The van der Waals surface area contributed by atoms with E-state index in [0.717, 1.165) is 48.5 Å². The standard InChI is InChI=1S/C44H45Cl2N3O4/c1-31(2)36-13-15-38(16-14-36)51-25-20-33-8-10-34(11-9-33)29-48-21-23-49(24-22-48)43(50)19-12-35-26-32(3)44(41(46)27-35)53-42-18-17-39(28-47-42)52-30-37-6-4-5-7-40(37)45/h4-19,26-28,31H,20-25,29-30H2,1-3H3. The second-order valence-electron chi connectivity index (χ2n) is 13.5. The van der Waals surface area contributed by atoms with E-state index in [-0.39, 0.29) is 5.91 Å². The molecule has 0 radical (unpaired) electrons. The summed E-state index contributed by atoms with van der Waals surface area (Å²) in [6.07, 6.45) is 5.88. The Morgan fingerprint density at radius 3 is 2.23 bits per heavy atom. The molecular weight excluding hydrogens is 705 g/mol. The summed E-state index contributed by atoms with van der Waals surface area (Å²) in [6.45, 7) is 11.2. The van der Waals surface area contributed by atoms with Crippen molar-refractivity contribution >= 4 is 35.2 Å². The minimum atomic E-state index is -0.0118. The molecule has 4 aromatic carbocycles. The van der Waals surface area contributed by atoms with Gasteiger partial charge < -0.3 is 19.1 Å². The highest BCUT2D eigenvalue weighted by Gasteiger charge is 2.20. The topological polar surface area (TPSA) is 64.1 Å². The van der Waals surface area contributed by atoms with Gasteiger partial charge >= 0.3 is 0 Å². The fourth-order valence-electron chi connectivity index (χ4n) is 6.08. The Labute approximate surface area is 322 Å². The van der Waals surface area contributed by atoms with Crippen molar-refractivity contribution in [1.82, 2.24) is 14.8 Å². The van der Waals surface area contributed by atoms with Crippen molar-refractivity contribution in [1.29, 1.82) is 0 Å². The first-order valence-electron chi connectivity index (χ1n) is 18.0. The van der Waals surface area contributed by atoms with Gasteiger partial charge in [-0.1, -0.05) is 91.6 Å². The number of pyridine rings is 1. The molecule has 1 fully saturated rings. The smallest absolute Gasteiger partial charge is 0.246 e. The summed E-state index contributed by atoms with van der Waals surface area (Å²) in [5.41, 5.74) is 6.38. The van der Waals surface area contributed by atoms with Gasteiger partial charge in [0.05, 0.1) is 17.8 Å². The summed E-state index contributed by atoms with van der Waals surface area (Å²) >= 11 is 12.9. The SMILES string of the molecule is Cc1cc(C=CC(=O)N2CCN(Cc3ccc(CCOc4ccc(C(C)C)cc4)cc3)CC2)cc(Cl)c1Oc1ccc(OCc2ccccc2Cl)cn1. The van der Waals surface area contributed by atoms with Crippen LogP contribution in [0.1, 0.15) is 53.1 Å². The molecule has 5 aromatic rings. The molecule has 0 N–H and O–H groups in total. The molecule has 0 bridgehead atoms. The third kappa shape index (κ3) is 10.9. The van der Waals surface area contributed by atoms with E-state index in [1.807, 2.05) is 42.2 Å². The molecule has 1 aliphatic rings. The average Bonchev–Trinajstić information content (AvgIpc) is 3.16. The fraction of sp³-hybridized carbons (Fsp3) is 0.273. The van der Waals surface area contributed by atoms with Crippen LogP contribution in [-0.2, 0) is 24.4 Å². The number of halogens is 2. The molecule has 1 aliphatic heterocycles. The van der Waals surface area contributed by atoms with Crippen molar-refractivity contribution in [2.75, 3.05) is 32.8 Å². The predicted octanol–water partition coefficient (Wildman–Crippen LogP) is 10.2. The number of hydrogen-bond donors (Lipinski definition) is 0. The molecule has 1 aromatic heterocycles. The Hall–Kier alpha value is -4.82. The Morgan fingerprint density at radius 2 is 1.55 bits per heavy atom. The number of rotatable bonds is 14. The Balaban J connectivity index is 0.925. The van der Waals surface area contributed by atoms with Gasteiger partial charge in [-0.05, 0) is 83.1 Å². The fourth-order valence-corrected chi connectivity index (χ4v) is 6.58. The van der Waals surface area contributed by atoms with E-state index in [4.69, 9.17) is 37.4 Å². The van der Waals surface area contributed by atoms with Crippen molar-refractivity contribution in [3.8, 4) is 23.1 Å². The maximum Gasteiger partial charge on any atom is 0.246 e. The number of aryl methyl sites for hydroxylation is 1. The first-order chi connectivity index (χ1) is 25.7. The minimum Gasteiger partial charge on any atom is -0.493 e. The minimum absolute atomic E-state index is 0.0118. The van der Waals surface area contributed by atoms with E-state index < -0.39 is 0 Å². The van der Waals surface area contributed by atoms with Crippen LogP contribution in [-0.4, -0.2) is 53.5 Å². The largest absolute Gasteiger partial charge is 0.493 e. The van der Waals surface area contributed by atoms with Crippen molar-refractivity contribution < 1.29 is 19.0 Å². The number of hydrogen-bond acceptors (Lipinski definition) is 6. The molecule has 1 saturated heterocycles. The lowest BCUT2D eigenvalue weighted by molar-refractivity contribution is -0.127. The molecule has 9 heteroatoms. The summed E-state index contributed by atoms with van der Waals surface area (Å²) < 4.78 is 17.8. The molecule has 0 atom stereocenters. The van der Waals surface area contributed by atoms with Crippen molar-refractivity contribution in [3.63, 3.8) is 0 Å². The van der Waals surface area contributed by atoms with Crippen LogP contribution in [0.5, 0.6) is 23.1 Å². The zero-order chi connectivity index (χ0) is 37.2. The van der Waals surface area contributed by atoms with Gasteiger partial charge in [-0.25, -0.2) is 4.98 Å². The summed E-state index contributed by atoms with van der Waals surface area (Å²) in [7, 11) is 0. The second-order valence-corrected chi connectivity index (χ2v) is 14.4. The quantitative estimate of drug-likeness (QED) is 0.105. The average molecular weight is 751 g/mol. The number of piperazine rings is 1. The number of carbonyl (C=O) groups excluding carboxylic acids is 1. The Kier molecular flexibility index (Phi) is 13.1. The molecule has 0 aliphatic carbocycles. The molecular formula is C44H45Cl2N3O4. The normalized spacial score (nSPS) is 13.4. The van der Waals surface area contributed by atoms with E-state index >= 15 is 0 Å². The second kappa shape index (κ2) is 18.3. The van der Waals surface area contributed by atoms with Crippen LogP contribution >= 0.6 is 23.2 Å². The monoisotopic (exact) mass is 749 g/mol. The van der Waals surface area contributed by atoms with Gasteiger partial charge in [-0.2, -0.15) is 0 Å². The maximum absolute atomic E-state index is 13.1. The van der Waals surface area contributed by atoms with E-state index in [1.54, 1.807) is 36.5 Å². The predicted molar refractivity (Wildman–Crippen MR) is 213 cm³/mol. The van der Waals surface area contributed by atoms with Crippen LogP contribution in [0.2, 0.25) is 10.0 Å². The van der Waals surface area contributed by atoms with Crippen LogP contribution in [0.25, 0.3) is 6.08 Å². The first-order valence-corrected chi connectivity index (χ1v) is 18.8. The highest BCUT2D eigenvalue weighted by Crippen LogP contribution is 2.34. The number of amides is 1. The molecule has 7 nitrogen and oxygen atoms in total. The Bertz CT molecular complexity index is 1970. The summed E-state index contributed by atoms with van der Waals surface area (Å²) in [4.78, 5) is 21.7. The lowest BCUT2D eigenvalue weighted by atomic mass is 10.0. The molecule has 0 unspecified atom stereocenters. The van der Waals surface area contributed by atoms with Gasteiger partial charge in [-0.3, -0.25) is 9.69 Å². The zero-order valence-corrected chi connectivity index (χ0v) is 31.9. The Morgan fingerprint density at radius 1 is 0.830 bits per heavy atom. The van der Waals surface area contributed by atoms with Crippen LogP contribution in [0.3, 0.4) is 0 Å². The van der Waals surface area contributed by atoms with E-state index in [9.17, 15) is 4.79 Å². The van der Waals surface area contributed by atoms with Crippen LogP contribution in [0, 0.1) is 6.92 Å². The van der Waals surface area contributed by atoms with Crippen LogP contribution in [0.4, 0.5) is 0 Å². The summed E-state index contributed by atoms with van der Waals surface area (Å²) in [5.74, 6) is 2.91. The molecule has 53 heavy (non-hydrogen) atoms. The van der Waals surface area contributed by atoms with Crippen LogP contribution < -0.4 is 14.2 Å². The lowest BCUT2D eigenvalue weighted by Gasteiger charge is -2.34. The number of ether oxygens (including phenoxy) is 3. The van der Waals surface area contributed by atoms with E-state index in [2.05, 4.69) is 72.3 Å². The van der Waals surface area contributed by atoms with Gasteiger partial charge in [0, 0.05) is 61.9 Å². The van der Waals surface area contributed by atoms with Gasteiger partial charge in [0.15, 0.2) is 5.75 Å². The van der Waals surface area contributed by atoms with Crippen molar-refractivity contribution in [3.05, 3.63) is 153 Å². The molecule has 274 valence electrons. The number of aromatic nitrogens is 1. The van der Waals surface area contributed by atoms with Gasteiger partial charge in [-0.15, -0.1) is 0 Å². The lowest BCUT2D eigenvalue weighted by Crippen LogP contribution is -2.47. The third-order valence-electron chi connectivity index (χ3n) is 9.26. The molecule has 2 heterocycles.